The first-order valence-electron chi connectivity index (χ1n) is 5.63. The Kier molecular flexibility index (Phi) is 4.42. The van der Waals surface area contributed by atoms with Crippen LogP contribution in [0.15, 0.2) is 43.0 Å². The molecule has 0 radical (unpaired) electrons. The zero-order chi connectivity index (χ0) is 12.1. The molecule has 1 fully saturated rings. The van der Waals surface area contributed by atoms with Crippen molar-refractivity contribution in [2.45, 2.75) is 12.8 Å². The van der Waals surface area contributed by atoms with Gasteiger partial charge in [0.25, 0.3) is 0 Å². The molecule has 4 heteroatoms. The molecule has 1 aliphatic carbocycles. The highest BCUT2D eigenvalue weighted by Gasteiger charge is 2.18. The van der Waals surface area contributed by atoms with Gasteiger partial charge in [0.1, 0.15) is 5.75 Å². The molecule has 0 bridgehead atoms. The summed E-state index contributed by atoms with van der Waals surface area (Å²) in [4.78, 5) is 3.92. The van der Waals surface area contributed by atoms with Crippen LogP contribution in [0.1, 0.15) is 12.8 Å². The monoisotopic (exact) mass is 342 g/mol. The Morgan fingerprint density at radius 2 is 2.00 bits per heavy atom. The van der Waals surface area contributed by atoms with Gasteiger partial charge in [-0.3, -0.25) is 0 Å². The fourth-order valence-electron chi connectivity index (χ4n) is 1.31. The lowest BCUT2D eigenvalue weighted by Crippen LogP contribution is -1.87. The fraction of sp³-hybridized carbons (Fsp3) is 0.308. The molecular formula is C13H15IN2O. The maximum atomic E-state index is 9.03. The molecule has 90 valence electrons. The Hall–Kier alpha value is -1.04. The van der Waals surface area contributed by atoms with E-state index in [-0.39, 0.29) is 5.75 Å². The van der Waals surface area contributed by atoms with E-state index in [9.17, 15) is 0 Å². The van der Waals surface area contributed by atoms with E-state index in [0.717, 1.165) is 11.6 Å². The number of phenolic OH excluding ortho intramolecular Hbond substituents is 1. The molecule has 0 spiro atoms. The van der Waals surface area contributed by atoms with Crippen molar-refractivity contribution in [1.29, 1.82) is 0 Å². The van der Waals surface area contributed by atoms with E-state index >= 15 is 0 Å². The number of rotatable bonds is 2. The van der Waals surface area contributed by atoms with Crippen molar-refractivity contribution in [3.63, 3.8) is 0 Å². The summed E-state index contributed by atoms with van der Waals surface area (Å²) >= 11 is 2.44. The molecule has 0 saturated heterocycles. The molecular weight excluding hydrogens is 327 g/mol. The van der Waals surface area contributed by atoms with Gasteiger partial charge in [-0.1, -0.05) is 22.6 Å². The minimum atomic E-state index is 0.277. The summed E-state index contributed by atoms with van der Waals surface area (Å²) in [6, 6.07) is 6.96. The molecule has 0 atom stereocenters. The minimum Gasteiger partial charge on any atom is -0.508 e. The van der Waals surface area contributed by atoms with Gasteiger partial charge < -0.3 is 9.67 Å². The van der Waals surface area contributed by atoms with Crippen molar-refractivity contribution in [1.82, 2.24) is 9.55 Å². The minimum absolute atomic E-state index is 0.277. The van der Waals surface area contributed by atoms with Gasteiger partial charge in [0, 0.05) is 22.5 Å². The number of hydrogen-bond donors (Lipinski definition) is 1. The van der Waals surface area contributed by atoms with Crippen molar-refractivity contribution < 1.29 is 5.11 Å². The van der Waals surface area contributed by atoms with Crippen LogP contribution < -0.4 is 0 Å². The molecule has 2 aromatic rings. The predicted molar refractivity (Wildman–Crippen MR) is 76.8 cm³/mol. The van der Waals surface area contributed by atoms with E-state index in [0.29, 0.717) is 0 Å². The van der Waals surface area contributed by atoms with Gasteiger partial charge in [0.2, 0.25) is 0 Å². The van der Waals surface area contributed by atoms with E-state index in [1.54, 1.807) is 24.7 Å². The molecule has 1 N–H and O–H groups in total. The molecule has 1 saturated carbocycles. The molecule has 3 nitrogen and oxygen atoms in total. The third-order valence-corrected chi connectivity index (χ3v) is 3.81. The number of aromatic hydroxyl groups is 1. The smallest absolute Gasteiger partial charge is 0.115 e. The summed E-state index contributed by atoms with van der Waals surface area (Å²) in [6.07, 6.45) is 8.29. The van der Waals surface area contributed by atoms with E-state index in [1.807, 2.05) is 22.9 Å². The summed E-state index contributed by atoms with van der Waals surface area (Å²) < 4.78 is 3.26. The summed E-state index contributed by atoms with van der Waals surface area (Å²) in [7, 11) is 0. The van der Waals surface area contributed by atoms with Crippen LogP contribution >= 0.6 is 22.6 Å². The van der Waals surface area contributed by atoms with E-state index in [2.05, 4.69) is 27.6 Å². The van der Waals surface area contributed by atoms with Crippen molar-refractivity contribution in [3.8, 4) is 11.4 Å². The van der Waals surface area contributed by atoms with Gasteiger partial charge in [-0.15, -0.1) is 0 Å². The fourth-order valence-corrected chi connectivity index (χ4v) is 2.19. The quantitative estimate of drug-likeness (QED) is 0.671. The number of benzene rings is 1. The molecule has 1 aromatic carbocycles. The lowest BCUT2D eigenvalue weighted by Gasteiger charge is -2.00. The Balaban J connectivity index is 0.000000181. The standard InChI is InChI=1S/C9H8N2O.C4H7I/c12-9-3-1-8(2-4-9)11-6-5-10-7-11;5-3-4-1-2-4/h1-7,12H;4H,1-3H2. The maximum absolute atomic E-state index is 9.03. The summed E-state index contributed by atoms with van der Waals surface area (Å²) in [5.74, 6) is 1.40. The van der Waals surface area contributed by atoms with Gasteiger partial charge in [-0.25, -0.2) is 4.98 Å². The maximum Gasteiger partial charge on any atom is 0.115 e. The number of aromatic nitrogens is 2. The third-order valence-electron chi connectivity index (χ3n) is 2.57. The second kappa shape index (κ2) is 6.05. The number of halogens is 1. The van der Waals surface area contributed by atoms with Crippen molar-refractivity contribution in [2.24, 2.45) is 5.92 Å². The van der Waals surface area contributed by atoms with Crippen LogP contribution in [-0.4, -0.2) is 19.1 Å². The molecule has 1 aromatic heterocycles. The number of nitrogens with zero attached hydrogens (tertiary/aromatic N) is 2. The molecule has 1 aliphatic rings. The normalized spacial score (nSPS) is 13.9. The van der Waals surface area contributed by atoms with Crippen LogP contribution in [0.25, 0.3) is 5.69 Å². The van der Waals surface area contributed by atoms with Crippen LogP contribution in [-0.2, 0) is 0 Å². The van der Waals surface area contributed by atoms with Crippen LogP contribution in [0.4, 0.5) is 0 Å². The van der Waals surface area contributed by atoms with Gasteiger partial charge in [-0.2, -0.15) is 0 Å². The van der Waals surface area contributed by atoms with Gasteiger partial charge in [-0.05, 0) is 43.0 Å². The molecule has 1 heterocycles. The predicted octanol–water partition coefficient (Wildman–Crippen LogP) is 3.41. The molecule has 0 amide bonds. The van der Waals surface area contributed by atoms with Crippen molar-refractivity contribution in [2.75, 3.05) is 4.43 Å². The van der Waals surface area contributed by atoms with Crippen molar-refractivity contribution >= 4 is 22.6 Å². The molecule has 3 rings (SSSR count). The molecule has 0 unspecified atom stereocenters. The van der Waals surface area contributed by atoms with E-state index in [4.69, 9.17) is 5.11 Å². The van der Waals surface area contributed by atoms with Gasteiger partial charge in [0.05, 0.1) is 6.33 Å². The zero-order valence-electron chi connectivity index (χ0n) is 9.46. The second-order valence-corrected chi connectivity index (χ2v) is 4.96. The van der Waals surface area contributed by atoms with Crippen LogP contribution in [0.2, 0.25) is 0 Å². The lowest BCUT2D eigenvalue weighted by atomic mass is 10.3. The Bertz CT molecular complexity index is 435. The summed E-state index contributed by atoms with van der Waals surface area (Å²) in [5.41, 5.74) is 0.991. The Morgan fingerprint density at radius 1 is 1.29 bits per heavy atom. The largest absolute Gasteiger partial charge is 0.508 e. The number of hydrogen-bond acceptors (Lipinski definition) is 2. The van der Waals surface area contributed by atoms with Gasteiger partial charge in [0.15, 0.2) is 0 Å². The average Bonchev–Trinajstić information content (AvgIpc) is 3.05. The Labute approximate surface area is 115 Å². The molecule has 17 heavy (non-hydrogen) atoms. The zero-order valence-corrected chi connectivity index (χ0v) is 11.6. The highest BCUT2D eigenvalue weighted by Crippen LogP contribution is 2.30. The first-order chi connectivity index (χ1) is 8.29. The van der Waals surface area contributed by atoms with Crippen LogP contribution in [0.3, 0.4) is 0 Å². The lowest BCUT2D eigenvalue weighted by molar-refractivity contribution is 0.475. The highest BCUT2D eigenvalue weighted by molar-refractivity contribution is 14.1. The topological polar surface area (TPSA) is 38.0 Å². The number of alkyl halides is 1. The third kappa shape index (κ3) is 4.03. The number of imidazole rings is 1. The SMILES string of the molecule is ICC1CC1.Oc1ccc(-n2ccnc2)cc1. The Morgan fingerprint density at radius 3 is 2.41 bits per heavy atom. The van der Waals surface area contributed by atoms with Crippen LogP contribution in [0.5, 0.6) is 5.75 Å². The highest BCUT2D eigenvalue weighted by atomic mass is 127. The second-order valence-electron chi connectivity index (χ2n) is 4.08. The summed E-state index contributed by atoms with van der Waals surface area (Å²) in [6.45, 7) is 0. The summed E-state index contributed by atoms with van der Waals surface area (Å²) in [5, 5.41) is 9.03. The van der Waals surface area contributed by atoms with Crippen LogP contribution in [0, 0.1) is 5.92 Å². The number of phenols is 1. The van der Waals surface area contributed by atoms with Gasteiger partial charge >= 0.3 is 0 Å². The van der Waals surface area contributed by atoms with Crippen molar-refractivity contribution in [3.05, 3.63) is 43.0 Å². The first-order valence-corrected chi connectivity index (χ1v) is 7.15. The average molecular weight is 342 g/mol. The van der Waals surface area contributed by atoms with E-state index in [1.165, 1.54) is 17.3 Å². The van der Waals surface area contributed by atoms with E-state index < -0.39 is 0 Å². The molecule has 0 aliphatic heterocycles. The first kappa shape index (κ1) is 12.4.